The van der Waals surface area contributed by atoms with Gasteiger partial charge in [0.25, 0.3) is 5.91 Å². The van der Waals surface area contributed by atoms with E-state index in [9.17, 15) is 9.59 Å². The molecule has 166 valence electrons. The van der Waals surface area contributed by atoms with Crippen LogP contribution >= 0.6 is 0 Å². The van der Waals surface area contributed by atoms with Gasteiger partial charge in [-0.15, -0.1) is 5.10 Å². The van der Waals surface area contributed by atoms with E-state index in [-0.39, 0.29) is 11.8 Å². The number of carbonyl (C=O) groups is 1. The monoisotopic (exact) mass is 436 g/mol. The first-order chi connectivity index (χ1) is 15.5. The first kappa shape index (κ1) is 21.1. The van der Waals surface area contributed by atoms with E-state index in [0.29, 0.717) is 16.7 Å². The van der Waals surface area contributed by atoms with Gasteiger partial charge in [0.15, 0.2) is 5.76 Å². The minimum absolute atomic E-state index is 0.263. The lowest BCUT2D eigenvalue weighted by Gasteiger charge is -2.30. The Morgan fingerprint density at radius 1 is 1.25 bits per heavy atom. The van der Waals surface area contributed by atoms with E-state index in [1.54, 1.807) is 37.6 Å². The molecule has 1 aromatic carbocycles. The minimum atomic E-state index is -0.608. The van der Waals surface area contributed by atoms with Gasteiger partial charge in [-0.05, 0) is 18.2 Å². The van der Waals surface area contributed by atoms with Gasteiger partial charge in [0.1, 0.15) is 0 Å². The summed E-state index contributed by atoms with van der Waals surface area (Å²) < 4.78 is 8.15. The summed E-state index contributed by atoms with van der Waals surface area (Å²) in [5.74, 6) is 4.61. The number of hydrazone groups is 1. The Hall–Kier alpha value is -4.12. The molecule has 1 aliphatic heterocycles. The summed E-state index contributed by atoms with van der Waals surface area (Å²) in [5.41, 5.74) is 2.15. The third-order valence-corrected chi connectivity index (χ3v) is 5.24. The fourth-order valence-electron chi connectivity index (χ4n) is 3.62. The summed E-state index contributed by atoms with van der Waals surface area (Å²) in [7, 11) is 1.62. The topological polar surface area (TPSA) is 132 Å². The lowest BCUT2D eigenvalue weighted by molar-refractivity contribution is -0.114. The molecule has 4 rings (SSSR count). The van der Waals surface area contributed by atoms with Gasteiger partial charge in [-0.2, -0.15) is 0 Å². The molecule has 0 aliphatic carbocycles. The highest BCUT2D eigenvalue weighted by Gasteiger charge is 2.21. The number of nitrogens with zero attached hydrogens (tertiary/aromatic N) is 5. The smallest absolute Gasteiger partial charge is 0.337 e. The first-order valence-electron chi connectivity index (χ1n) is 10.0. The number of piperazine rings is 1. The van der Waals surface area contributed by atoms with E-state index in [0.717, 1.165) is 31.9 Å². The molecule has 4 N–H and O–H groups in total. The zero-order valence-electron chi connectivity index (χ0n) is 17.6. The number of para-hydroxylation sites is 2. The standard InChI is InChI=1S/C21H24N8O3/c1-14(19(30)25-15-13-24-8-7-16(15)28-11-9-23-10-12-28)32-20(26-22)29-18-6-4-3-5-17(18)27(2)21(29)31/h3-8,13,23H,1,9-12,22H2,2H3,(H,25,30)/b26-20-. The largest absolute Gasteiger partial charge is 0.419 e. The average Bonchev–Trinajstić information content (AvgIpc) is 3.08. The van der Waals surface area contributed by atoms with Gasteiger partial charge in [-0.3, -0.25) is 14.3 Å². The van der Waals surface area contributed by atoms with Crippen molar-refractivity contribution in [1.29, 1.82) is 0 Å². The molecule has 0 spiro atoms. The van der Waals surface area contributed by atoms with Crippen molar-refractivity contribution in [3.05, 3.63) is 65.5 Å². The van der Waals surface area contributed by atoms with Crippen molar-refractivity contribution in [3.8, 4) is 0 Å². The summed E-state index contributed by atoms with van der Waals surface area (Å²) in [6.07, 6.45) is 3.24. The highest BCUT2D eigenvalue weighted by molar-refractivity contribution is 6.05. The Morgan fingerprint density at radius 2 is 1.97 bits per heavy atom. The molecule has 0 unspecified atom stereocenters. The van der Waals surface area contributed by atoms with E-state index >= 15 is 0 Å². The molecule has 0 saturated carbocycles. The molecule has 1 amide bonds. The first-order valence-corrected chi connectivity index (χ1v) is 10.0. The second kappa shape index (κ2) is 8.94. The van der Waals surface area contributed by atoms with Gasteiger partial charge < -0.3 is 26.1 Å². The molecular formula is C21H24N8O3. The van der Waals surface area contributed by atoms with Crippen LogP contribution in [0, 0.1) is 0 Å². The molecule has 0 atom stereocenters. The molecule has 32 heavy (non-hydrogen) atoms. The fraction of sp³-hybridized carbons (Fsp3) is 0.238. The predicted octanol–water partition coefficient (Wildman–Crippen LogP) is 0.391. The number of hydrogen-bond acceptors (Lipinski definition) is 8. The van der Waals surface area contributed by atoms with Gasteiger partial charge in [0.2, 0.25) is 0 Å². The van der Waals surface area contributed by atoms with Crippen LogP contribution in [-0.4, -0.2) is 52.2 Å². The number of amides is 1. The number of nitrogens with one attached hydrogen (secondary N) is 2. The lowest BCUT2D eigenvalue weighted by Crippen LogP contribution is -2.43. The second-order valence-electron chi connectivity index (χ2n) is 7.19. The van der Waals surface area contributed by atoms with Gasteiger partial charge in [-0.1, -0.05) is 18.7 Å². The molecule has 3 aromatic rings. The lowest BCUT2D eigenvalue weighted by atomic mass is 10.2. The van der Waals surface area contributed by atoms with E-state index < -0.39 is 11.6 Å². The van der Waals surface area contributed by atoms with E-state index in [1.165, 1.54) is 9.13 Å². The number of fused-ring (bicyclic) bond motifs is 1. The van der Waals surface area contributed by atoms with Gasteiger partial charge >= 0.3 is 11.7 Å². The normalized spacial score (nSPS) is 14.4. The summed E-state index contributed by atoms with van der Waals surface area (Å²) in [6.45, 7) is 6.99. The van der Waals surface area contributed by atoms with Crippen molar-refractivity contribution in [2.45, 2.75) is 0 Å². The summed E-state index contributed by atoms with van der Waals surface area (Å²) >= 11 is 0. The van der Waals surface area contributed by atoms with Crippen molar-refractivity contribution in [2.24, 2.45) is 18.0 Å². The summed E-state index contributed by atoms with van der Waals surface area (Å²) in [6, 6.07) is 8.66. The Kier molecular flexibility index (Phi) is 5.90. The number of benzene rings is 1. The van der Waals surface area contributed by atoms with E-state index in [4.69, 9.17) is 10.6 Å². The third-order valence-electron chi connectivity index (χ3n) is 5.24. The van der Waals surface area contributed by atoms with Crippen LogP contribution in [0.1, 0.15) is 0 Å². The summed E-state index contributed by atoms with van der Waals surface area (Å²) in [5, 5.41) is 9.64. The van der Waals surface area contributed by atoms with Crippen molar-refractivity contribution in [1.82, 2.24) is 19.4 Å². The quantitative estimate of drug-likeness (QED) is 0.135. The Bertz CT molecular complexity index is 1250. The van der Waals surface area contributed by atoms with Crippen LogP contribution < -0.4 is 27.1 Å². The number of anilines is 2. The SMILES string of the molecule is C=C(O/C(=N\N)n1c(=O)n(C)c2ccccc21)C(=O)Nc1cnccc1N1CCNCC1. The zero-order chi connectivity index (χ0) is 22.7. The van der Waals surface area contributed by atoms with Crippen LogP contribution in [-0.2, 0) is 16.6 Å². The Morgan fingerprint density at radius 3 is 2.69 bits per heavy atom. The van der Waals surface area contributed by atoms with Crippen LogP contribution in [0.3, 0.4) is 0 Å². The average molecular weight is 436 g/mol. The number of ether oxygens (including phenoxy) is 1. The van der Waals surface area contributed by atoms with E-state index in [2.05, 4.69) is 32.2 Å². The van der Waals surface area contributed by atoms with Gasteiger partial charge in [0, 0.05) is 39.4 Å². The maximum atomic E-state index is 12.8. The molecular weight excluding hydrogens is 412 g/mol. The zero-order valence-corrected chi connectivity index (χ0v) is 17.6. The van der Waals surface area contributed by atoms with Crippen LogP contribution in [0.4, 0.5) is 11.4 Å². The van der Waals surface area contributed by atoms with Gasteiger partial charge in [-0.25, -0.2) is 9.36 Å². The van der Waals surface area contributed by atoms with Crippen LogP contribution in [0.25, 0.3) is 11.0 Å². The van der Waals surface area contributed by atoms with Crippen LogP contribution in [0.2, 0.25) is 0 Å². The van der Waals surface area contributed by atoms with Crippen molar-refractivity contribution < 1.29 is 9.53 Å². The van der Waals surface area contributed by atoms with Crippen LogP contribution in [0.5, 0.6) is 0 Å². The number of imidazole rings is 1. The molecule has 2 aromatic heterocycles. The fourth-order valence-corrected chi connectivity index (χ4v) is 3.62. The molecule has 1 fully saturated rings. The number of pyridine rings is 1. The highest BCUT2D eigenvalue weighted by atomic mass is 16.5. The molecule has 11 nitrogen and oxygen atoms in total. The minimum Gasteiger partial charge on any atom is -0.419 e. The number of hydrogen-bond donors (Lipinski definition) is 3. The van der Waals surface area contributed by atoms with Crippen molar-refractivity contribution in [3.63, 3.8) is 0 Å². The molecule has 0 radical (unpaired) electrons. The molecule has 3 heterocycles. The van der Waals surface area contributed by atoms with Crippen molar-refractivity contribution >= 4 is 34.3 Å². The molecule has 11 heteroatoms. The van der Waals surface area contributed by atoms with Gasteiger partial charge in [0.05, 0.1) is 28.6 Å². The Labute approximate surface area is 183 Å². The number of aryl methyl sites for hydroxylation is 1. The maximum Gasteiger partial charge on any atom is 0.337 e. The third kappa shape index (κ3) is 3.93. The summed E-state index contributed by atoms with van der Waals surface area (Å²) in [4.78, 5) is 31.8. The molecule has 1 aliphatic rings. The molecule has 1 saturated heterocycles. The Balaban J connectivity index is 1.54. The number of nitrogens with two attached hydrogens (primary N) is 1. The van der Waals surface area contributed by atoms with Crippen LogP contribution in [0.15, 0.2) is 65.0 Å². The second-order valence-corrected chi connectivity index (χ2v) is 7.19. The predicted molar refractivity (Wildman–Crippen MR) is 122 cm³/mol. The maximum absolute atomic E-state index is 12.8. The molecule has 0 bridgehead atoms. The number of aromatic nitrogens is 3. The number of rotatable bonds is 4. The van der Waals surface area contributed by atoms with E-state index in [1.807, 2.05) is 12.1 Å². The highest BCUT2D eigenvalue weighted by Crippen LogP contribution is 2.25. The van der Waals surface area contributed by atoms with Crippen molar-refractivity contribution in [2.75, 3.05) is 36.4 Å². The number of carbonyl (C=O) groups excluding carboxylic acids is 1.